The van der Waals surface area contributed by atoms with Crippen LogP contribution in [0.3, 0.4) is 0 Å². The van der Waals surface area contributed by atoms with E-state index >= 15 is 0 Å². The molecule has 6 heteroatoms. The second kappa shape index (κ2) is 4.16. The Kier molecular flexibility index (Phi) is 3.35. The molecule has 0 aromatic carbocycles. The molecule has 2 N–H and O–H groups in total. The number of primary amides is 1. The van der Waals surface area contributed by atoms with Crippen molar-refractivity contribution in [2.24, 2.45) is 5.73 Å². The fourth-order valence-electron chi connectivity index (χ4n) is 0.984. The molecule has 0 saturated heterocycles. The largest absolute Gasteiger partial charge is 0.364 e. The van der Waals surface area contributed by atoms with Gasteiger partial charge in [0.25, 0.3) is 12.3 Å². The number of rotatable bonds is 2. The number of carbonyl (C=O) groups excluding carboxylic acids is 1. The summed E-state index contributed by atoms with van der Waals surface area (Å²) in [6.07, 6.45) is -1.60. The molecule has 0 spiro atoms. The summed E-state index contributed by atoms with van der Waals surface area (Å²) >= 11 is 1.78. The summed E-state index contributed by atoms with van der Waals surface area (Å²) in [5.74, 6) is -0.710. The minimum absolute atomic E-state index is 0.0347. The van der Waals surface area contributed by atoms with Crippen LogP contribution in [0.1, 0.15) is 28.0 Å². The molecule has 0 aliphatic carbocycles. The van der Waals surface area contributed by atoms with Gasteiger partial charge in [0.2, 0.25) is 0 Å². The molecule has 0 aliphatic rings. The molecule has 1 heterocycles. The molecule has 0 bridgehead atoms. The molecule has 0 atom stereocenters. The van der Waals surface area contributed by atoms with Gasteiger partial charge in [-0.3, -0.25) is 4.79 Å². The zero-order chi connectivity index (χ0) is 10.9. The Hall–Kier alpha value is -0.790. The maximum absolute atomic E-state index is 12.4. The minimum Gasteiger partial charge on any atom is -0.364 e. The number of carbonyl (C=O) groups is 1. The topological polar surface area (TPSA) is 56.0 Å². The molecule has 1 aromatic heterocycles. The molecule has 0 aliphatic heterocycles. The number of aromatic nitrogens is 1. The van der Waals surface area contributed by atoms with Crippen LogP contribution in [0.2, 0.25) is 0 Å². The van der Waals surface area contributed by atoms with Crippen molar-refractivity contribution in [3.8, 4) is 0 Å². The predicted molar refractivity (Wildman–Crippen MR) is 55.2 cm³/mol. The van der Waals surface area contributed by atoms with Gasteiger partial charge in [0.15, 0.2) is 0 Å². The van der Waals surface area contributed by atoms with E-state index < -0.39 is 12.3 Å². The van der Waals surface area contributed by atoms with E-state index in [-0.39, 0.29) is 11.3 Å². The summed E-state index contributed by atoms with van der Waals surface area (Å²) in [4.78, 5) is 14.4. The first kappa shape index (κ1) is 11.3. The first-order chi connectivity index (χ1) is 6.45. The van der Waals surface area contributed by atoms with E-state index in [1.54, 1.807) is 22.6 Å². The van der Waals surface area contributed by atoms with E-state index in [2.05, 4.69) is 4.98 Å². The van der Waals surface area contributed by atoms with Crippen LogP contribution < -0.4 is 5.73 Å². The Bertz CT molecular complexity index is 382. The molecule has 0 saturated carbocycles. The third kappa shape index (κ3) is 1.99. The molecule has 0 fully saturated rings. The summed E-state index contributed by atoms with van der Waals surface area (Å²) in [6.45, 7) is 1.51. The number of pyridine rings is 1. The van der Waals surface area contributed by atoms with Crippen LogP contribution in [0.4, 0.5) is 8.78 Å². The number of halogens is 3. The highest BCUT2D eigenvalue weighted by Gasteiger charge is 2.17. The van der Waals surface area contributed by atoms with Gasteiger partial charge in [-0.1, -0.05) is 0 Å². The van der Waals surface area contributed by atoms with Crippen LogP contribution in [0.5, 0.6) is 0 Å². The first-order valence-electron chi connectivity index (χ1n) is 3.68. The lowest BCUT2D eigenvalue weighted by Gasteiger charge is -2.08. The van der Waals surface area contributed by atoms with E-state index in [4.69, 9.17) is 5.73 Å². The van der Waals surface area contributed by atoms with Crippen LogP contribution in [0.25, 0.3) is 0 Å². The van der Waals surface area contributed by atoms with Crippen molar-refractivity contribution in [3.05, 3.63) is 26.6 Å². The third-order valence-electron chi connectivity index (χ3n) is 1.77. The van der Waals surface area contributed by atoms with E-state index in [9.17, 15) is 13.6 Å². The van der Waals surface area contributed by atoms with Gasteiger partial charge in [-0.15, -0.1) is 0 Å². The van der Waals surface area contributed by atoms with Gasteiger partial charge in [-0.05, 0) is 35.1 Å². The number of nitrogens with two attached hydrogens (primary N) is 1. The zero-order valence-electron chi connectivity index (χ0n) is 7.22. The monoisotopic (exact) mass is 312 g/mol. The fourth-order valence-corrected chi connectivity index (χ4v) is 1.70. The maximum Gasteiger partial charge on any atom is 0.268 e. The SMILES string of the molecule is Cc1c(C(F)F)cnc(C(N)=O)c1I. The number of alkyl halides is 2. The minimum atomic E-state index is -2.59. The van der Waals surface area contributed by atoms with Crippen LogP contribution in [-0.4, -0.2) is 10.9 Å². The second-order valence-corrected chi connectivity index (χ2v) is 3.74. The normalized spacial score (nSPS) is 10.6. The lowest BCUT2D eigenvalue weighted by Crippen LogP contribution is -2.16. The maximum atomic E-state index is 12.4. The van der Waals surface area contributed by atoms with Crippen LogP contribution in [0.15, 0.2) is 6.20 Å². The van der Waals surface area contributed by atoms with Gasteiger partial charge in [0.05, 0.1) is 0 Å². The number of hydrogen-bond donors (Lipinski definition) is 1. The van der Waals surface area contributed by atoms with Crippen molar-refractivity contribution in [1.29, 1.82) is 0 Å². The van der Waals surface area contributed by atoms with E-state index in [0.717, 1.165) is 6.20 Å². The quantitative estimate of drug-likeness (QED) is 0.850. The Morgan fingerprint density at radius 1 is 1.64 bits per heavy atom. The smallest absolute Gasteiger partial charge is 0.268 e. The van der Waals surface area contributed by atoms with E-state index in [1.165, 1.54) is 6.92 Å². The van der Waals surface area contributed by atoms with Gasteiger partial charge < -0.3 is 5.73 Å². The Morgan fingerprint density at radius 2 is 2.21 bits per heavy atom. The summed E-state index contributed by atoms with van der Waals surface area (Å²) in [5, 5.41) is 0. The second-order valence-electron chi connectivity index (χ2n) is 2.67. The van der Waals surface area contributed by atoms with Gasteiger partial charge >= 0.3 is 0 Å². The molecule has 0 radical (unpaired) electrons. The van der Waals surface area contributed by atoms with E-state index in [0.29, 0.717) is 9.13 Å². The Labute approximate surface area is 92.8 Å². The molecule has 14 heavy (non-hydrogen) atoms. The molecule has 3 nitrogen and oxygen atoms in total. The average molecular weight is 312 g/mol. The van der Waals surface area contributed by atoms with Crippen LogP contribution in [0, 0.1) is 10.5 Å². The predicted octanol–water partition coefficient (Wildman–Crippen LogP) is 2.03. The lowest BCUT2D eigenvalue weighted by molar-refractivity contribution is 0.0993. The van der Waals surface area contributed by atoms with Gasteiger partial charge in [-0.2, -0.15) is 0 Å². The molecule has 1 rings (SSSR count). The summed E-state index contributed by atoms with van der Waals surface area (Å²) < 4.78 is 25.1. The molecular weight excluding hydrogens is 305 g/mol. The highest BCUT2D eigenvalue weighted by Crippen LogP contribution is 2.26. The zero-order valence-corrected chi connectivity index (χ0v) is 9.38. The van der Waals surface area contributed by atoms with Gasteiger partial charge in [-0.25, -0.2) is 13.8 Å². The summed E-state index contributed by atoms with van der Waals surface area (Å²) in [7, 11) is 0. The first-order valence-corrected chi connectivity index (χ1v) is 4.76. The van der Waals surface area contributed by atoms with Crippen LogP contribution in [-0.2, 0) is 0 Å². The average Bonchev–Trinajstić information content (AvgIpc) is 2.08. The molecular formula is C8H7F2IN2O. The summed E-state index contributed by atoms with van der Waals surface area (Å²) in [6, 6.07) is 0. The number of nitrogens with zero attached hydrogens (tertiary/aromatic N) is 1. The van der Waals surface area contributed by atoms with Crippen molar-refractivity contribution in [1.82, 2.24) is 4.98 Å². The summed E-state index contributed by atoms with van der Waals surface area (Å²) in [5.41, 5.74) is 5.23. The Morgan fingerprint density at radius 3 is 2.64 bits per heavy atom. The third-order valence-corrected chi connectivity index (χ3v) is 3.09. The standard InChI is InChI=1S/C8H7F2IN2O/c1-3-4(7(9)10)2-13-6(5(3)11)8(12)14/h2,7H,1H3,(H2,12,14). The lowest BCUT2D eigenvalue weighted by atomic mass is 10.1. The van der Waals surface area contributed by atoms with Crippen molar-refractivity contribution in [2.75, 3.05) is 0 Å². The number of hydrogen-bond acceptors (Lipinski definition) is 2. The molecule has 0 unspecified atom stereocenters. The number of amides is 1. The van der Waals surface area contributed by atoms with Gasteiger partial charge in [0, 0.05) is 15.3 Å². The van der Waals surface area contributed by atoms with E-state index in [1.807, 2.05) is 0 Å². The van der Waals surface area contributed by atoms with Crippen molar-refractivity contribution in [2.45, 2.75) is 13.3 Å². The van der Waals surface area contributed by atoms with Crippen LogP contribution >= 0.6 is 22.6 Å². The highest BCUT2D eigenvalue weighted by atomic mass is 127. The van der Waals surface area contributed by atoms with Gasteiger partial charge in [0.1, 0.15) is 5.69 Å². The Balaban J connectivity index is 3.33. The highest BCUT2D eigenvalue weighted by molar-refractivity contribution is 14.1. The van der Waals surface area contributed by atoms with Crippen molar-refractivity contribution < 1.29 is 13.6 Å². The fraction of sp³-hybridized carbons (Fsp3) is 0.250. The van der Waals surface area contributed by atoms with Crippen molar-refractivity contribution >= 4 is 28.5 Å². The molecule has 76 valence electrons. The molecule has 1 amide bonds. The molecule has 1 aromatic rings. The van der Waals surface area contributed by atoms with Crippen molar-refractivity contribution in [3.63, 3.8) is 0 Å².